The lowest BCUT2D eigenvalue weighted by atomic mass is 9.82. The SMILES string of the molecule is CCCCCCN1/C(=C/c2c(O)c(=O)c2=O)C(C)(C)c2cc(-c3ccc(-c4ccc(OC(CC)CC)cc4)cc3)ccc21. The van der Waals surface area contributed by atoms with E-state index in [4.69, 9.17) is 4.74 Å². The molecule has 1 aliphatic heterocycles. The van der Waals surface area contributed by atoms with E-state index in [1.807, 2.05) is 12.1 Å². The Morgan fingerprint density at radius 1 is 0.791 bits per heavy atom. The molecule has 5 nitrogen and oxygen atoms in total. The Balaban J connectivity index is 1.43. The molecule has 0 amide bonds. The largest absolute Gasteiger partial charge is 0.504 e. The van der Waals surface area contributed by atoms with E-state index in [1.165, 1.54) is 12.0 Å². The predicted octanol–water partition coefficient (Wildman–Crippen LogP) is 8.61. The van der Waals surface area contributed by atoms with Crippen LogP contribution in [0.3, 0.4) is 0 Å². The quantitative estimate of drug-likeness (QED) is 0.135. The summed E-state index contributed by atoms with van der Waals surface area (Å²) >= 11 is 0. The van der Waals surface area contributed by atoms with Crippen LogP contribution in [0, 0.1) is 0 Å². The van der Waals surface area contributed by atoms with Gasteiger partial charge in [0, 0.05) is 23.3 Å². The van der Waals surface area contributed by atoms with E-state index in [-0.39, 0.29) is 11.7 Å². The third kappa shape index (κ3) is 5.90. The van der Waals surface area contributed by atoms with E-state index in [2.05, 4.69) is 94.1 Å². The molecule has 0 fully saturated rings. The Morgan fingerprint density at radius 2 is 1.37 bits per heavy atom. The van der Waals surface area contributed by atoms with Gasteiger partial charge in [0.2, 0.25) is 5.43 Å². The lowest BCUT2D eigenvalue weighted by molar-refractivity contribution is 0.193. The molecule has 0 aliphatic carbocycles. The Morgan fingerprint density at radius 3 is 1.95 bits per heavy atom. The third-order valence-corrected chi connectivity index (χ3v) is 8.95. The van der Waals surface area contributed by atoms with Crippen LogP contribution in [-0.2, 0) is 5.41 Å². The number of unbranched alkanes of at least 4 members (excludes halogenated alkanes) is 3. The first kappa shape index (κ1) is 30.3. The molecule has 1 aliphatic rings. The summed E-state index contributed by atoms with van der Waals surface area (Å²) in [5.74, 6) is 0.478. The van der Waals surface area contributed by atoms with Crippen LogP contribution in [0.2, 0.25) is 0 Å². The fourth-order valence-corrected chi connectivity index (χ4v) is 6.15. The molecule has 0 bridgehead atoms. The highest BCUT2D eigenvalue weighted by molar-refractivity contribution is 5.81. The number of fused-ring (bicyclic) bond motifs is 1. The van der Waals surface area contributed by atoms with E-state index in [9.17, 15) is 14.7 Å². The number of ether oxygens (including phenoxy) is 1. The van der Waals surface area contributed by atoms with Crippen molar-refractivity contribution < 1.29 is 9.84 Å². The van der Waals surface area contributed by atoms with Gasteiger partial charge in [-0.3, -0.25) is 9.59 Å². The van der Waals surface area contributed by atoms with Gasteiger partial charge in [0.25, 0.3) is 5.43 Å². The number of rotatable bonds is 12. The van der Waals surface area contributed by atoms with Crippen LogP contribution in [0.5, 0.6) is 11.5 Å². The summed E-state index contributed by atoms with van der Waals surface area (Å²) in [7, 11) is 0. The van der Waals surface area contributed by atoms with Crippen LogP contribution < -0.4 is 20.5 Å². The second-order valence-electron chi connectivity index (χ2n) is 12.2. The first-order valence-electron chi connectivity index (χ1n) is 15.7. The smallest absolute Gasteiger partial charge is 0.268 e. The van der Waals surface area contributed by atoms with Crippen molar-refractivity contribution in [1.29, 1.82) is 0 Å². The average Bonchev–Trinajstić information content (AvgIpc) is 3.25. The molecule has 1 heterocycles. The molecule has 5 heteroatoms. The molecular formula is C38H43NO4. The molecule has 0 unspecified atom stereocenters. The molecule has 0 saturated heterocycles. The van der Waals surface area contributed by atoms with Crippen LogP contribution in [0.4, 0.5) is 5.69 Å². The van der Waals surface area contributed by atoms with Crippen LogP contribution >= 0.6 is 0 Å². The number of hydrogen-bond acceptors (Lipinski definition) is 5. The molecule has 0 spiro atoms. The molecule has 0 atom stereocenters. The van der Waals surface area contributed by atoms with E-state index in [0.717, 1.165) is 78.0 Å². The van der Waals surface area contributed by atoms with Crippen molar-refractivity contribution in [3.8, 4) is 33.8 Å². The number of allylic oxidation sites excluding steroid dienone is 1. The summed E-state index contributed by atoms with van der Waals surface area (Å²) in [5, 5.41) is 10.1. The van der Waals surface area contributed by atoms with Gasteiger partial charge in [-0.25, -0.2) is 0 Å². The van der Waals surface area contributed by atoms with E-state index >= 15 is 0 Å². The first-order chi connectivity index (χ1) is 20.7. The van der Waals surface area contributed by atoms with Crippen LogP contribution in [-0.4, -0.2) is 17.8 Å². The summed E-state index contributed by atoms with van der Waals surface area (Å²) in [4.78, 5) is 26.3. The lowest BCUT2D eigenvalue weighted by Gasteiger charge is -2.27. The molecule has 0 aromatic heterocycles. The Hall–Kier alpha value is -4.12. The fraction of sp³-hybridized carbons (Fsp3) is 0.368. The summed E-state index contributed by atoms with van der Waals surface area (Å²) < 4.78 is 6.07. The fourth-order valence-electron chi connectivity index (χ4n) is 6.15. The predicted molar refractivity (Wildman–Crippen MR) is 178 cm³/mol. The van der Waals surface area contributed by atoms with Gasteiger partial charge in [-0.05, 0) is 77.4 Å². The maximum atomic E-state index is 12.3. The summed E-state index contributed by atoms with van der Waals surface area (Å²) in [6.07, 6.45) is 8.44. The van der Waals surface area contributed by atoms with Crippen molar-refractivity contribution in [2.75, 3.05) is 11.4 Å². The average molecular weight is 578 g/mol. The molecule has 4 aromatic carbocycles. The van der Waals surface area contributed by atoms with Gasteiger partial charge >= 0.3 is 0 Å². The molecule has 5 rings (SSSR count). The van der Waals surface area contributed by atoms with Crippen molar-refractivity contribution >= 4 is 11.8 Å². The standard InChI is InChI=1S/C38H43NO4/c1-6-9-10-11-22-39-33-21-18-28(23-32(33)38(4,5)34(39)24-31-35(40)37(42)36(31)41)27-14-12-25(13-15-27)26-16-19-30(20-17-26)43-29(7-2)8-3/h12-21,23-24,29,40H,6-11,22H2,1-5H3/b34-24+. The van der Waals surface area contributed by atoms with Crippen LogP contribution in [0.15, 0.2) is 82.0 Å². The van der Waals surface area contributed by atoms with E-state index < -0.39 is 22.0 Å². The van der Waals surface area contributed by atoms with Gasteiger partial charge in [-0.1, -0.05) is 96.3 Å². The van der Waals surface area contributed by atoms with Crippen LogP contribution in [0.25, 0.3) is 28.3 Å². The van der Waals surface area contributed by atoms with Gasteiger partial charge in [0.15, 0.2) is 5.75 Å². The highest BCUT2D eigenvalue weighted by atomic mass is 16.5. The Kier molecular flexibility index (Phi) is 8.91. The summed E-state index contributed by atoms with van der Waals surface area (Å²) in [6, 6.07) is 23.5. The number of benzene rings is 3. The van der Waals surface area contributed by atoms with E-state index in [0.29, 0.717) is 0 Å². The van der Waals surface area contributed by atoms with E-state index in [1.54, 1.807) is 6.08 Å². The summed E-state index contributed by atoms with van der Waals surface area (Å²) in [5.41, 5.74) is 6.05. The minimum absolute atomic E-state index is 0.116. The monoisotopic (exact) mass is 577 g/mol. The van der Waals surface area contributed by atoms with Gasteiger partial charge in [-0.15, -0.1) is 0 Å². The Labute approximate surface area is 255 Å². The van der Waals surface area contributed by atoms with Gasteiger partial charge in [0.05, 0.1) is 11.7 Å². The van der Waals surface area contributed by atoms with Crippen molar-refractivity contribution in [2.24, 2.45) is 0 Å². The zero-order valence-electron chi connectivity index (χ0n) is 26.1. The number of anilines is 1. The minimum atomic E-state index is -0.800. The second-order valence-corrected chi connectivity index (χ2v) is 12.2. The summed E-state index contributed by atoms with van der Waals surface area (Å²) in [6.45, 7) is 11.6. The number of nitrogens with zero attached hydrogens (tertiary/aromatic N) is 1. The number of hydrogen-bond donors (Lipinski definition) is 1. The molecule has 224 valence electrons. The maximum Gasteiger partial charge on any atom is 0.268 e. The molecular weight excluding hydrogens is 534 g/mol. The lowest BCUT2D eigenvalue weighted by Crippen LogP contribution is -2.34. The highest BCUT2D eigenvalue weighted by Crippen LogP contribution is 2.50. The number of aromatic hydroxyl groups is 1. The Bertz CT molecular complexity index is 1670. The maximum absolute atomic E-state index is 12.3. The van der Waals surface area contributed by atoms with Crippen LogP contribution in [0.1, 0.15) is 84.3 Å². The normalized spacial score (nSPS) is 15.0. The molecule has 4 aromatic rings. The van der Waals surface area contributed by atoms with Crippen molar-refractivity contribution in [3.63, 3.8) is 0 Å². The van der Waals surface area contributed by atoms with Crippen molar-refractivity contribution in [1.82, 2.24) is 0 Å². The highest BCUT2D eigenvalue weighted by Gasteiger charge is 2.40. The topological polar surface area (TPSA) is 66.8 Å². The zero-order chi connectivity index (χ0) is 30.7. The van der Waals surface area contributed by atoms with Crippen molar-refractivity contribution in [3.05, 3.63) is 104 Å². The van der Waals surface area contributed by atoms with Gasteiger partial charge in [-0.2, -0.15) is 0 Å². The van der Waals surface area contributed by atoms with Crippen molar-refractivity contribution in [2.45, 2.75) is 84.7 Å². The molecule has 0 radical (unpaired) electrons. The zero-order valence-corrected chi connectivity index (χ0v) is 26.1. The second kappa shape index (κ2) is 12.6. The van der Waals surface area contributed by atoms with Gasteiger partial charge < -0.3 is 14.7 Å². The molecule has 0 saturated carbocycles. The van der Waals surface area contributed by atoms with Gasteiger partial charge in [0.1, 0.15) is 5.75 Å². The molecule has 43 heavy (non-hydrogen) atoms. The first-order valence-corrected chi connectivity index (χ1v) is 15.7. The third-order valence-electron chi connectivity index (χ3n) is 8.95. The minimum Gasteiger partial charge on any atom is -0.504 e. The molecule has 1 N–H and O–H groups in total.